The zero-order chi connectivity index (χ0) is 22.7. The van der Waals surface area contributed by atoms with E-state index in [2.05, 4.69) is 33.9 Å². The van der Waals surface area contributed by atoms with E-state index in [0.717, 1.165) is 5.56 Å². The normalized spacial score (nSPS) is 20.6. The molecule has 168 valence electrons. The molecule has 30 heavy (non-hydrogen) atoms. The number of carbonyl (C=O) groups is 2. The lowest BCUT2D eigenvalue weighted by atomic mass is 9.80. The summed E-state index contributed by atoms with van der Waals surface area (Å²) in [5, 5.41) is 1.59. The number of ether oxygens (including phenoxy) is 2. The standard InChI is InChI=1S/C22H35NO6Si/c1-16(29-30(7,8)21(2,3)4)18-22(19(24)26-5,20(25)27-6)15-23(28-18)14-17-12-10-9-11-13-17/h9-13,16,18H,14-15H2,1-8H3/t16-,18-/m0/s1. The van der Waals surface area contributed by atoms with E-state index in [4.69, 9.17) is 18.7 Å². The maximum atomic E-state index is 12.9. The summed E-state index contributed by atoms with van der Waals surface area (Å²) >= 11 is 0. The molecule has 2 rings (SSSR count). The summed E-state index contributed by atoms with van der Waals surface area (Å²) in [6, 6.07) is 9.72. The summed E-state index contributed by atoms with van der Waals surface area (Å²) in [6.07, 6.45) is -1.39. The maximum Gasteiger partial charge on any atom is 0.327 e. The van der Waals surface area contributed by atoms with Gasteiger partial charge in [-0.15, -0.1) is 0 Å². The van der Waals surface area contributed by atoms with Gasteiger partial charge in [0.15, 0.2) is 8.32 Å². The summed E-state index contributed by atoms with van der Waals surface area (Å²) < 4.78 is 16.6. The minimum absolute atomic E-state index is 0.0249. The highest BCUT2D eigenvalue weighted by Gasteiger charge is 2.64. The van der Waals surface area contributed by atoms with Gasteiger partial charge in [-0.25, -0.2) is 0 Å². The second-order valence-corrected chi connectivity index (χ2v) is 14.1. The molecule has 0 aromatic heterocycles. The minimum atomic E-state index is -2.19. The van der Waals surface area contributed by atoms with Gasteiger partial charge in [-0.2, -0.15) is 5.06 Å². The molecular weight excluding hydrogens is 402 g/mol. The van der Waals surface area contributed by atoms with Crippen LogP contribution in [0.25, 0.3) is 0 Å². The first-order valence-corrected chi connectivity index (χ1v) is 13.1. The molecule has 1 heterocycles. The third-order valence-corrected chi connectivity index (χ3v) is 10.8. The molecule has 8 heteroatoms. The van der Waals surface area contributed by atoms with Crippen LogP contribution in [-0.2, 0) is 34.9 Å². The first kappa shape index (κ1) is 24.5. The quantitative estimate of drug-likeness (QED) is 0.367. The highest BCUT2D eigenvalue weighted by molar-refractivity contribution is 6.74. The van der Waals surface area contributed by atoms with Gasteiger partial charge in [-0.05, 0) is 30.6 Å². The van der Waals surface area contributed by atoms with Crippen LogP contribution in [0.5, 0.6) is 0 Å². The fourth-order valence-corrected chi connectivity index (χ4v) is 4.94. The molecule has 1 saturated heterocycles. The van der Waals surface area contributed by atoms with Crippen LogP contribution in [0.2, 0.25) is 18.1 Å². The summed E-state index contributed by atoms with van der Waals surface area (Å²) in [7, 11) is 0.347. The zero-order valence-corrected chi connectivity index (χ0v) is 20.4. The predicted octanol–water partition coefficient (Wildman–Crippen LogP) is 3.55. The average molecular weight is 438 g/mol. The molecule has 0 saturated carbocycles. The first-order chi connectivity index (χ1) is 13.9. The molecule has 0 bridgehead atoms. The summed E-state index contributed by atoms with van der Waals surface area (Å²) in [5.74, 6) is -1.36. The Labute approximate surface area is 180 Å². The number of hydroxylamine groups is 2. The molecule has 0 radical (unpaired) electrons. The molecular formula is C22H35NO6Si. The van der Waals surface area contributed by atoms with Crippen molar-refractivity contribution in [3.05, 3.63) is 35.9 Å². The monoisotopic (exact) mass is 437 g/mol. The fraction of sp³-hybridized carbons (Fsp3) is 0.636. The van der Waals surface area contributed by atoms with Gasteiger partial charge in [0.1, 0.15) is 6.10 Å². The van der Waals surface area contributed by atoms with Crippen LogP contribution in [0.4, 0.5) is 0 Å². The Balaban J connectivity index is 2.41. The molecule has 1 fully saturated rings. The van der Waals surface area contributed by atoms with Crippen LogP contribution in [0.1, 0.15) is 33.3 Å². The Morgan fingerprint density at radius 1 is 1.17 bits per heavy atom. The zero-order valence-electron chi connectivity index (χ0n) is 19.4. The van der Waals surface area contributed by atoms with Crippen LogP contribution < -0.4 is 0 Å². The third-order valence-electron chi connectivity index (χ3n) is 6.19. The van der Waals surface area contributed by atoms with Crippen molar-refractivity contribution in [3.63, 3.8) is 0 Å². The summed E-state index contributed by atoms with van der Waals surface area (Å²) in [5.41, 5.74) is -0.625. The van der Waals surface area contributed by atoms with Crippen LogP contribution >= 0.6 is 0 Å². The first-order valence-electron chi connectivity index (χ1n) is 10.2. The molecule has 1 aromatic rings. The number of esters is 2. The van der Waals surface area contributed by atoms with Crippen molar-refractivity contribution in [1.29, 1.82) is 0 Å². The number of hydrogen-bond acceptors (Lipinski definition) is 7. The molecule has 0 aliphatic carbocycles. The van der Waals surface area contributed by atoms with Crippen molar-refractivity contribution in [2.24, 2.45) is 5.41 Å². The third kappa shape index (κ3) is 4.77. The fourth-order valence-electron chi connectivity index (χ4n) is 3.53. The number of hydrogen-bond donors (Lipinski definition) is 0. The van der Waals surface area contributed by atoms with Gasteiger partial charge < -0.3 is 13.9 Å². The van der Waals surface area contributed by atoms with Crippen molar-refractivity contribution in [1.82, 2.24) is 5.06 Å². The lowest BCUT2D eigenvalue weighted by molar-refractivity contribution is -0.192. The van der Waals surface area contributed by atoms with Gasteiger partial charge in [0.25, 0.3) is 0 Å². The molecule has 2 atom stereocenters. The van der Waals surface area contributed by atoms with Crippen LogP contribution in [0.3, 0.4) is 0 Å². The summed E-state index contributed by atoms with van der Waals surface area (Å²) in [6.45, 7) is 12.9. The molecule has 7 nitrogen and oxygen atoms in total. The van der Waals surface area contributed by atoms with E-state index in [1.165, 1.54) is 14.2 Å². The molecule has 0 spiro atoms. The topological polar surface area (TPSA) is 74.3 Å². The van der Waals surface area contributed by atoms with Gasteiger partial charge in [0.05, 0.1) is 26.9 Å². The molecule has 1 aliphatic heterocycles. The van der Waals surface area contributed by atoms with Crippen LogP contribution in [0, 0.1) is 5.41 Å². The smallest absolute Gasteiger partial charge is 0.327 e. The minimum Gasteiger partial charge on any atom is -0.468 e. The van der Waals surface area contributed by atoms with Gasteiger partial charge in [0, 0.05) is 6.54 Å². The van der Waals surface area contributed by atoms with Crippen LogP contribution in [0.15, 0.2) is 30.3 Å². The van der Waals surface area contributed by atoms with Crippen molar-refractivity contribution in [2.75, 3.05) is 20.8 Å². The molecule has 0 unspecified atom stereocenters. The lowest BCUT2D eigenvalue weighted by Gasteiger charge is -2.41. The number of rotatable bonds is 7. The Morgan fingerprint density at radius 3 is 2.17 bits per heavy atom. The van der Waals surface area contributed by atoms with Gasteiger partial charge >= 0.3 is 11.9 Å². The average Bonchev–Trinajstić information content (AvgIpc) is 3.06. The van der Waals surface area contributed by atoms with E-state index in [1.54, 1.807) is 5.06 Å². The van der Waals surface area contributed by atoms with Gasteiger partial charge in [-0.3, -0.25) is 14.4 Å². The van der Waals surface area contributed by atoms with Gasteiger partial charge in [-0.1, -0.05) is 51.1 Å². The maximum absolute atomic E-state index is 12.9. The Morgan fingerprint density at radius 2 is 1.70 bits per heavy atom. The summed E-state index contributed by atoms with van der Waals surface area (Å²) in [4.78, 5) is 32.1. The highest BCUT2D eigenvalue weighted by atomic mass is 28.4. The Kier molecular flexibility index (Phi) is 7.50. The predicted molar refractivity (Wildman–Crippen MR) is 116 cm³/mol. The highest BCUT2D eigenvalue weighted by Crippen LogP contribution is 2.43. The van der Waals surface area contributed by atoms with Crippen molar-refractivity contribution in [3.8, 4) is 0 Å². The number of nitrogens with zero attached hydrogens (tertiary/aromatic N) is 1. The van der Waals surface area contributed by atoms with E-state index in [-0.39, 0.29) is 11.6 Å². The molecule has 1 aliphatic rings. The molecule has 0 N–H and O–H groups in total. The van der Waals surface area contributed by atoms with E-state index in [0.29, 0.717) is 6.54 Å². The van der Waals surface area contributed by atoms with Crippen molar-refractivity contribution in [2.45, 2.75) is 64.6 Å². The Hall–Kier alpha value is -1.74. The number of methoxy groups -OCH3 is 2. The number of benzene rings is 1. The van der Waals surface area contributed by atoms with Crippen molar-refractivity contribution >= 4 is 20.3 Å². The lowest BCUT2D eigenvalue weighted by Crippen LogP contribution is -2.56. The number of carbonyl (C=O) groups excluding carboxylic acids is 2. The second-order valence-electron chi connectivity index (χ2n) is 9.35. The second kappa shape index (κ2) is 9.17. The SMILES string of the molecule is COC(=O)C1(C(=O)OC)CN(Cc2ccccc2)O[C@H]1[C@H](C)O[Si](C)(C)C(C)(C)C. The van der Waals surface area contributed by atoms with E-state index in [1.807, 2.05) is 37.3 Å². The van der Waals surface area contributed by atoms with E-state index < -0.39 is 37.9 Å². The van der Waals surface area contributed by atoms with E-state index in [9.17, 15) is 9.59 Å². The largest absolute Gasteiger partial charge is 0.468 e. The molecule has 0 amide bonds. The van der Waals surface area contributed by atoms with Gasteiger partial charge in [0.2, 0.25) is 5.41 Å². The molecule has 1 aromatic carbocycles. The Bertz CT molecular complexity index is 730. The van der Waals surface area contributed by atoms with E-state index >= 15 is 0 Å². The van der Waals surface area contributed by atoms with Crippen molar-refractivity contribution < 1.29 is 28.3 Å². The van der Waals surface area contributed by atoms with Crippen LogP contribution in [-0.4, -0.2) is 58.3 Å².